The van der Waals surface area contributed by atoms with Crippen LogP contribution in [-0.2, 0) is 12.8 Å². The molecular weight excluding hydrogens is 238 g/mol. The molecule has 0 radical (unpaired) electrons. The number of aryl methyl sites for hydroxylation is 1. The third-order valence-electron chi connectivity index (χ3n) is 3.88. The van der Waals surface area contributed by atoms with E-state index in [4.69, 9.17) is 5.73 Å². The van der Waals surface area contributed by atoms with Crippen LogP contribution in [0.15, 0.2) is 18.2 Å². The second-order valence-electron chi connectivity index (χ2n) is 5.54. The molecule has 0 spiro atoms. The zero-order valence-corrected chi connectivity index (χ0v) is 11.4. The van der Waals surface area contributed by atoms with E-state index in [0.29, 0.717) is 0 Å². The van der Waals surface area contributed by atoms with E-state index >= 15 is 0 Å². The summed E-state index contributed by atoms with van der Waals surface area (Å²) < 4.78 is 0. The number of carbonyl (C=O) groups is 1. The van der Waals surface area contributed by atoms with Crippen LogP contribution in [0.5, 0.6) is 0 Å². The number of hydrogen-bond donors (Lipinski definition) is 2. The summed E-state index contributed by atoms with van der Waals surface area (Å²) in [6.45, 7) is 0. The van der Waals surface area contributed by atoms with Crippen LogP contribution in [0.3, 0.4) is 0 Å². The summed E-state index contributed by atoms with van der Waals surface area (Å²) in [7, 11) is 3.55. The van der Waals surface area contributed by atoms with Gasteiger partial charge in [-0.15, -0.1) is 0 Å². The molecule has 1 aliphatic carbocycles. The highest BCUT2D eigenvalue weighted by Gasteiger charge is 2.21. The van der Waals surface area contributed by atoms with Gasteiger partial charge in [-0.1, -0.05) is 0 Å². The van der Waals surface area contributed by atoms with Gasteiger partial charge in [0.05, 0.1) is 0 Å². The summed E-state index contributed by atoms with van der Waals surface area (Å²) in [5, 5.41) is 1.15. The molecule has 0 saturated heterocycles. The number of benzene rings is 1. The van der Waals surface area contributed by atoms with Crippen molar-refractivity contribution in [2.24, 2.45) is 5.73 Å². The Kier molecular flexibility index (Phi) is 2.82. The Labute approximate surface area is 112 Å². The molecule has 1 aromatic heterocycles. The molecule has 1 atom stereocenters. The Balaban J connectivity index is 2.12. The summed E-state index contributed by atoms with van der Waals surface area (Å²) in [4.78, 5) is 17.1. The maximum Gasteiger partial charge on any atom is 0.253 e. The lowest BCUT2D eigenvalue weighted by Gasteiger charge is -2.18. The summed E-state index contributed by atoms with van der Waals surface area (Å²) in [6.07, 6.45) is 2.93. The number of fused-ring (bicyclic) bond motifs is 3. The van der Waals surface area contributed by atoms with Crippen LogP contribution in [0.25, 0.3) is 10.9 Å². The summed E-state index contributed by atoms with van der Waals surface area (Å²) in [5.74, 6) is 0.0388. The average Bonchev–Trinajstić information content (AvgIpc) is 2.75. The molecule has 3 N–H and O–H groups in total. The normalized spacial score (nSPS) is 18.4. The summed E-state index contributed by atoms with van der Waals surface area (Å²) >= 11 is 0. The SMILES string of the molecule is CN(C)C(=O)c1ccc2[nH]c3c(c2c1)CC(N)CC3. The fourth-order valence-electron chi connectivity index (χ4n) is 2.84. The number of nitrogens with two attached hydrogens (primary N) is 1. The van der Waals surface area contributed by atoms with Gasteiger partial charge in [0.15, 0.2) is 0 Å². The van der Waals surface area contributed by atoms with E-state index < -0.39 is 0 Å². The molecule has 1 amide bonds. The van der Waals surface area contributed by atoms with Crippen LogP contribution in [-0.4, -0.2) is 35.9 Å². The van der Waals surface area contributed by atoms with Gasteiger partial charge in [0, 0.05) is 42.3 Å². The minimum atomic E-state index is 0.0388. The van der Waals surface area contributed by atoms with E-state index in [0.717, 1.165) is 35.7 Å². The number of H-pyrrole nitrogens is 1. The Morgan fingerprint density at radius 1 is 1.42 bits per heavy atom. The molecular formula is C15H19N3O. The third kappa shape index (κ3) is 2.02. The standard InChI is InChI=1S/C15H19N3O/c1-18(2)15(19)9-3-5-13-11(7-9)12-8-10(16)4-6-14(12)17-13/h3,5,7,10,17H,4,6,8,16H2,1-2H3. The van der Waals surface area contributed by atoms with Gasteiger partial charge in [-0.25, -0.2) is 0 Å². The number of carbonyl (C=O) groups excluding carboxylic acids is 1. The molecule has 1 unspecified atom stereocenters. The van der Waals surface area contributed by atoms with Gasteiger partial charge in [0.2, 0.25) is 0 Å². The van der Waals surface area contributed by atoms with Crippen LogP contribution >= 0.6 is 0 Å². The number of hydrogen-bond acceptors (Lipinski definition) is 2. The lowest BCUT2D eigenvalue weighted by molar-refractivity contribution is 0.0828. The molecule has 1 aromatic carbocycles. The first-order valence-electron chi connectivity index (χ1n) is 6.67. The van der Waals surface area contributed by atoms with E-state index in [-0.39, 0.29) is 11.9 Å². The number of nitrogens with zero attached hydrogens (tertiary/aromatic N) is 1. The zero-order chi connectivity index (χ0) is 13.6. The second kappa shape index (κ2) is 4.38. The predicted molar refractivity (Wildman–Crippen MR) is 76.3 cm³/mol. The molecule has 4 nitrogen and oxygen atoms in total. The number of amides is 1. The number of rotatable bonds is 1. The van der Waals surface area contributed by atoms with Crippen LogP contribution in [0.2, 0.25) is 0 Å². The first-order chi connectivity index (χ1) is 9.06. The molecule has 0 saturated carbocycles. The van der Waals surface area contributed by atoms with E-state index in [2.05, 4.69) is 4.98 Å². The van der Waals surface area contributed by atoms with Crippen molar-refractivity contribution in [3.63, 3.8) is 0 Å². The van der Waals surface area contributed by atoms with Gasteiger partial charge in [-0.05, 0) is 43.0 Å². The monoisotopic (exact) mass is 257 g/mol. The maximum atomic E-state index is 12.0. The highest BCUT2D eigenvalue weighted by Crippen LogP contribution is 2.29. The lowest BCUT2D eigenvalue weighted by Crippen LogP contribution is -2.27. The van der Waals surface area contributed by atoms with E-state index in [9.17, 15) is 4.79 Å². The summed E-state index contributed by atoms with van der Waals surface area (Å²) in [5.41, 5.74) is 10.5. The topological polar surface area (TPSA) is 62.1 Å². The quantitative estimate of drug-likeness (QED) is 0.816. The zero-order valence-electron chi connectivity index (χ0n) is 11.4. The van der Waals surface area contributed by atoms with Crippen LogP contribution < -0.4 is 5.73 Å². The Morgan fingerprint density at radius 3 is 2.95 bits per heavy atom. The molecule has 1 aliphatic rings. The predicted octanol–water partition coefficient (Wildman–Crippen LogP) is 1.69. The molecule has 100 valence electrons. The van der Waals surface area contributed by atoms with Gasteiger partial charge >= 0.3 is 0 Å². The number of nitrogens with one attached hydrogen (secondary N) is 1. The van der Waals surface area contributed by atoms with Crippen molar-refractivity contribution in [2.75, 3.05) is 14.1 Å². The molecule has 4 heteroatoms. The highest BCUT2D eigenvalue weighted by molar-refractivity contribution is 5.99. The van der Waals surface area contributed by atoms with Crippen LogP contribution in [0.4, 0.5) is 0 Å². The van der Waals surface area contributed by atoms with Gasteiger partial charge < -0.3 is 15.6 Å². The minimum absolute atomic E-state index is 0.0388. The third-order valence-corrected chi connectivity index (χ3v) is 3.88. The largest absolute Gasteiger partial charge is 0.358 e. The summed E-state index contributed by atoms with van der Waals surface area (Å²) in [6, 6.07) is 6.10. The van der Waals surface area contributed by atoms with Gasteiger partial charge in [0.1, 0.15) is 0 Å². The number of aromatic amines is 1. The van der Waals surface area contributed by atoms with Crippen molar-refractivity contribution < 1.29 is 4.79 Å². The molecule has 3 rings (SSSR count). The maximum absolute atomic E-state index is 12.0. The second-order valence-corrected chi connectivity index (χ2v) is 5.54. The van der Waals surface area contributed by atoms with Crippen molar-refractivity contribution >= 4 is 16.8 Å². The molecule has 19 heavy (non-hydrogen) atoms. The average molecular weight is 257 g/mol. The Hall–Kier alpha value is -1.81. The highest BCUT2D eigenvalue weighted by atomic mass is 16.2. The minimum Gasteiger partial charge on any atom is -0.358 e. The molecule has 2 aromatic rings. The van der Waals surface area contributed by atoms with Crippen molar-refractivity contribution in [3.05, 3.63) is 35.0 Å². The molecule has 0 bridgehead atoms. The first kappa shape index (κ1) is 12.2. The molecule has 1 heterocycles. The van der Waals surface area contributed by atoms with Crippen molar-refractivity contribution in [1.29, 1.82) is 0 Å². The van der Waals surface area contributed by atoms with Crippen molar-refractivity contribution in [3.8, 4) is 0 Å². The van der Waals surface area contributed by atoms with Crippen molar-refractivity contribution in [1.82, 2.24) is 9.88 Å². The van der Waals surface area contributed by atoms with E-state index in [1.807, 2.05) is 18.2 Å². The molecule has 0 aliphatic heterocycles. The van der Waals surface area contributed by atoms with Gasteiger partial charge in [-0.2, -0.15) is 0 Å². The first-order valence-corrected chi connectivity index (χ1v) is 6.67. The van der Waals surface area contributed by atoms with E-state index in [1.165, 1.54) is 11.3 Å². The fourth-order valence-corrected chi connectivity index (χ4v) is 2.84. The van der Waals surface area contributed by atoms with Crippen LogP contribution in [0, 0.1) is 0 Å². The van der Waals surface area contributed by atoms with Gasteiger partial charge in [0.25, 0.3) is 5.91 Å². The van der Waals surface area contributed by atoms with E-state index in [1.54, 1.807) is 19.0 Å². The smallest absolute Gasteiger partial charge is 0.253 e. The Morgan fingerprint density at radius 2 is 2.21 bits per heavy atom. The lowest BCUT2D eigenvalue weighted by atomic mass is 9.92. The fraction of sp³-hybridized carbons (Fsp3) is 0.400. The molecule has 0 fully saturated rings. The van der Waals surface area contributed by atoms with Crippen LogP contribution in [0.1, 0.15) is 28.0 Å². The Bertz CT molecular complexity index is 642. The van der Waals surface area contributed by atoms with Crippen molar-refractivity contribution in [2.45, 2.75) is 25.3 Å². The number of aromatic nitrogens is 1. The van der Waals surface area contributed by atoms with Gasteiger partial charge in [-0.3, -0.25) is 4.79 Å².